The molecule has 0 aliphatic heterocycles. The van der Waals surface area contributed by atoms with Crippen LogP contribution in [0.1, 0.15) is 79.4 Å². The number of carbonyl (C=O) groups excluding carboxylic acids is 2. The highest BCUT2D eigenvalue weighted by Gasteiger charge is 2.29. The van der Waals surface area contributed by atoms with Crippen molar-refractivity contribution in [2.24, 2.45) is 0 Å². The lowest BCUT2D eigenvalue weighted by molar-refractivity contribution is 0.0695. The van der Waals surface area contributed by atoms with Gasteiger partial charge in [0.2, 0.25) is 0 Å². The van der Waals surface area contributed by atoms with Crippen LogP contribution in [0.2, 0.25) is 0 Å². The number of nitrogens with zero attached hydrogens (tertiary/aromatic N) is 3. The number of benzene rings is 2. The maximum Gasteiger partial charge on any atom is 0.335 e. The quantitative estimate of drug-likeness (QED) is 0.241. The Kier molecular flexibility index (Phi) is 7.56. The van der Waals surface area contributed by atoms with Gasteiger partial charge in [0.05, 0.1) is 24.4 Å². The minimum Gasteiger partial charge on any atom is -0.504 e. The van der Waals surface area contributed by atoms with Crippen molar-refractivity contribution in [2.45, 2.75) is 45.7 Å². The lowest BCUT2D eigenvalue weighted by atomic mass is 9.98. The predicted molar refractivity (Wildman–Crippen MR) is 145 cm³/mol. The lowest BCUT2D eigenvalue weighted by Gasteiger charge is -2.16. The summed E-state index contributed by atoms with van der Waals surface area (Å²) in [7, 11) is 0. The monoisotopic (exact) mass is 561 g/mol. The number of ether oxygens (including phenoxy) is 1. The van der Waals surface area contributed by atoms with Gasteiger partial charge in [0, 0.05) is 12.6 Å². The lowest BCUT2D eigenvalue weighted by Crippen LogP contribution is -2.30. The molecule has 0 unspecified atom stereocenters. The standard InChI is InChI=1S/C29H28FN5O6/c1-3-10-41-25-9-4-16(11-24(25)36)13-31-27(37)22-12-23(35-26(33-22)20(30)14-32-35)28(38)34-21-8-7-17-15(2)18(29(39)40)5-6-19(17)21/h4-6,9,11-12,14,21,36H,3,7-8,10,13H2,1-2H3,(H,31,37)(H,34,38)(H,39,40)/t21-/m0/s1. The molecule has 12 heteroatoms. The van der Waals surface area contributed by atoms with Crippen molar-refractivity contribution in [1.29, 1.82) is 0 Å². The number of carboxylic acids is 1. The fraction of sp³-hybridized carbons (Fsp3) is 0.276. The number of hydrogen-bond acceptors (Lipinski definition) is 7. The second-order valence-electron chi connectivity index (χ2n) is 9.76. The topological polar surface area (TPSA) is 155 Å². The van der Waals surface area contributed by atoms with Crippen molar-refractivity contribution >= 4 is 23.4 Å². The van der Waals surface area contributed by atoms with E-state index >= 15 is 0 Å². The minimum atomic E-state index is -1.02. The average molecular weight is 562 g/mol. The summed E-state index contributed by atoms with van der Waals surface area (Å²) in [6.45, 7) is 4.18. The first-order valence-electron chi connectivity index (χ1n) is 13.1. The molecule has 0 saturated carbocycles. The fourth-order valence-corrected chi connectivity index (χ4v) is 4.99. The molecule has 1 atom stereocenters. The number of phenolic OH excluding ortho intramolecular Hbond substituents is 1. The van der Waals surface area contributed by atoms with Crippen molar-refractivity contribution in [3.63, 3.8) is 0 Å². The van der Waals surface area contributed by atoms with Crippen LogP contribution >= 0.6 is 0 Å². The van der Waals surface area contributed by atoms with Gasteiger partial charge >= 0.3 is 5.97 Å². The molecule has 41 heavy (non-hydrogen) atoms. The molecule has 2 amide bonds. The SMILES string of the molecule is CCCOc1ccc(CNC(=O)c2cc(C(=O)N[C@H]3CCc4c3ccc(C(=O)O)c4C)n3ncc(F)c3n2)cc1O. The number of aromatic carboxylic acids is 1. The zero-order chi connectivity index (χ0) is 29.3. The van der Waals surface area contributed by atoms with E-state index in [4.69, 9.17) is 4.74 Å². The van der Waals surface area contributed by atoms with Crippen LogP contribution < -0.4 is 15.4 Å². The number of amides is 2. The van der Waals surface area contributed by atoms with Gasteiger partial charge in [0.1, 0.15) is 11.4 Å². The summed E-state index contributed by atoms with van der Waals surface area (Å²) in [6, 6.07) is 8.80. The molecule has 2 aromatic heterocycles. The van der Waals surface area contributed by atoms with E-state index in [-0.39, 0.29) is 34.9 Å². The van der Waals surface area contributed by atoms with Crippen molar-refractivity contribution in [1.82, 2.24) is 25.2 Å². The Morgan fingerprint density at radius 2 is 1.98 bits per heavy atom. The number of aromatic nitrogens is 3. The third-order valence-corrected chi connectivity index (χ3v) is 7.06. The molecule has 1 aliphatic carbocycles. The Morgan fingerprint density at radius 1 is 1.17 bits per heavy atom. The van der Waals surface area contributed by atoms with Gasteiger partial charge < -0.3 is 25.6 Å². The number of aromatic hydroxyl groups is 1. The number of phenols is 1. The smallest absolute Gasteiger partial charge is 0.335 e. The van der Waals surface area contributed by atoms with Crippen LogP contribution in [0.25, 0.3) is 5.65 Å². The summed E-state index contributed by atoms with van der Waals surface area (Å²) in [5.41, 5.74) is 2.57. The number of rotatable bonds is 9. The Hall–Kier alpha value is -5.00. The minimum absolute atomic E-state index is 0.0348. The van der Waals surface area contributed by atoms with Crippen LogP contribution in [0.5, 0.6) is 11.5 Å². The highest BCUT2D eigenvalue weighted by Crippen LogP contribution is 2.35. The van der Waals surface area contributed by atoms with Crippen molar-refractivity contribution in [2.75, 3.05) is 6.61 Å². The highest BCUT2D eigenvalue weighted by molar-refractivity contribution is 5.98. The van der Waals surface area contributed by atoms with E-state index in [1.54, 1.807) is 25.1 Å². The van der Waals surface area contributed by atoms with Crippen LogP contribution in [0.15, 0.2) is 42.6 Å². The van der Waals surface area contributed by atoms with Crippen LogP contribution in [-0.4, -0.2) is 49.2 Å². The highest BCUT2D eigenvalue weighted by atomic mass is 19.1. The largest absolute Gasteiger partial charge is 0.504 e. The van der Waals surface area contributed by atoms with E-state index in [1.807, 2.05) is 6.92 Å². The zero-order valence-corrected chi connectivity index (χ0v) is 22.4. The number of hydrogen-bond donors (Lipinski definition) is 4. The molecule has 212 valence electrons. The van der Waals surface area contributed by atoms with Gasteiger partial charge in [-0.25, -0.2) is 18.7 Å². The number of halogens is 1. The van der Waals surface area contributed by atoms with Crippen molar-refractivity contribution in [3.05, 3.63) is 87.6 Å². The summed E-state index contributed by atoms with van der Waals surface area (Å²) < 4.78 is 21.0. The molecular formula is C29H28FN5O6. The van der Waals surface area contributed by atoms with Gasteiger partial charge in [0.15, 0.2) is 23.0 Å². The van der Waals surface area contributed by atoms with Crippen molar-refractivity contribution < 1.29 is 33.7 Å². The van der Waals surface area contributed by atoms with Crippen LogP contribution in [0.3, 0.4) is 0 Å². The number of carbonyl (C=O) groups is 3. The molecule has 0 spiro atoms. The summed E-state index contributed by atoms with van der Waals surface area (Å²) in [4.78, 5) is 42.0. The summed E-state index contributed by atoms with van der Waals surface area (Å²) >= 11 is 0. The Morgan fingerprint density at radius 3 is 2.71 bits per heavy atom. The first-order chi connectivity index (χ1) is 19.7. The molecule has 0 saturated heterocycles. The van der Waals surface area contributed by atoms with E-state index in [9.17, 15) is 29.0 Å². The predicted octanol–water partition coefficient (Wildman–Crippen LogP) is 3.72. The maximum absolute atomic E-state index is 14.5. The first-order valence-corrected chi connectivity index (χ1v) is 13.1. The molecule has 0 bridgehead atoms. The molecule has 2 aromatic carbocycles. The van der Waals surface area contributed by atoms with Gasteiger partial charge in [-0.15, -0.1) is 0 Å². The van der Waals surface area contributed by atoms with Gasteiger partial charge in [-0.2, -0.15) is 5.10 Å². The number of fused-ring (bicyclic) bond motifs is 2. The van der Waals surface area contributed by atoms with E-state index in [2.05, 4.69) is 20.7 Å². The van der Waals surface area contributed by atoms with Crippen molar-refractivity contribution in [3.8, 4) is 11.5 Å². The van der Waals surface area contributed by atoms with Gasteiger partial charge in [-0.05, 0) is 66.6 Å². The fourth-order valence-electron chi connectivity index (χ4n) is 4.99. The second kappa shape index (κ2) is 11.2. The summed E-state index contributed by atoms with van der Waals surface area (Å²) in [5, 5.41) is 29.1. The van der Waals surface area contributed by atoms with E-state index < -0.39 is 29.6 Å². The molecule has 2 heterocycles. The average Bonchev–Trinajstić information content (AvgIpc) is 3.54. The maximum atomic E-state index is 14.5. The molecule has 4 N–H and O–H groups in total. The third kappa shape index (κ3) is 5.40. The van der Waals surface area contributed by atoms with Crippen LogP contribution in [0.4, 0.5) is 4.39 Å². The van der Waals surface area contributed by atoms with Crippen LogP contribution in [-0.2, 0) is 13.0 Å². The molecule has 5 rings (SSSR count). The Balaban J connectivity index is 1.36. The Bertz CT molecular complexity index is 1680. The van der Waals surface area contributed by atoms with Gasteiger partial charge in [0.25, 0.3) is 11.8 Å². The number of carboxylic acid groups (broad SMARTS) is 1. The first kappa shape index (κ1) is 27.6. The molecule has 1 aliphatic rings. The third-order valence-electron chi connectivity index (χ3n) is 7.06. The number of nitrogens with one attached hydrogen (secondary N) is 2. The molecule has 0 fully saturated rings. The molecule has 4 aromatic rings. The second-order valence-corrected chi connectivity index (χ2v) is 9.76. The van der Waals surface area contributed by atoms with Gasteiger partial charge in [-0.1, -0.05) is 19.1 Å². The molecular weight excluding hydrogens is 533 g/mol. The molecule has 0 radical (unpaired) electrons. The van der Waals surface area contributed by atoms with Gasteiger partial charge in [-0.3, -0.25) is 9.59 Å². The van der Waals surface area contributed by atoms with E-state index in [1.165, 1.54) is 18.2 Å². The summed E-state index contributed by atoms with van der Waals surface area (Å²) in [5.74, 6) is -2.80. The molecule has 11 nitrogen and oxygen atoms in total. The normalized spacial score (nSPS) is 14.1. The van der Waals surface area contributed by atoms with E-state index in [0.29, 0.717) is 36.3 Å². The Labute approximate surface area is 234 Å². The van der Waals surface area contributed by atoms with E-state index in [0.717, 1.165) is 28.3 Å². The zero-order valence-electron chi connectivity index (χ0n) is 22.4. The van der Waals surface area contributed by atoms with Crippen LogP contribution in [0, 0.1) is 12.7 Å². The summed E-state index contributed by atoms with van der Waals surface area (Å²) in [6.07, 6.45) is 2.83.